The fraction of sp³-hybridized carbons (Fsp3) is 0.167. The summed E-state index contributed by atoms with van der Waals surface area (Å²) in [5.74, 6) is 1.02. The topological polar surface area (TPSA) is 88.5 Å². The molecule has 0 bridgehead atoms. The van der Waals surface area contributed by atoms with Gasteiger partial charge in [-0.3, -0.25) is 10.1 Å². The van der Waals surface area contributed by atoms with Crippen molar-refractivity contribution in [1.29, 1.82) is 0 Å². The Hall–Kier alpha value is -2.05. The van der Waals surface area contributed by atoms with Crippen molar-refractivity contribution in [2.24, 2.45) is 0 Å². The smallest absolute Gasteiger partial charge is 0.293 e. The molecule has 0 atom stereocenters. The van der Waals surface area contributed by atoms with E-state index in [9.17, 15) is 10.1 Å². The third-order valence-electron chi connectivity index (χ3n) is 2.48. The van der Waals surface area contributed by atoms with Gasteiger partial charge in [-0.05, 0) is 24.3 Å². The minimum atomic E-state index is -0.504. The van der Waals surface area contributed by atoms with E-state index in [1.807, 2.05) is 0 Å². The first-order valence-corrected chi connectivity index (χ1v) is 5.84. The van der Waals surface area contributed by atoms with Crippen molar-refractivity contribution < 1.29 is 14.4 Å². The molecule has 0 aliphatic heterocycles. The lowest BCUT2D eigenvalue weighted by Gasteiger charge is -2.05. The van der Waals surface area contributed by atoms with Gasteiger partial charge >= 0.3 is 0 Å². The van der Waals surface area contributed by atoms with Crippen LogP contribution >= 0.6 is 11.6 Å². The highest BCUT2D eigenvalue weighted by Gasteiger charge is 2.14. The van der Waals surface area contributed by atoms with Crippen LogP contribution < -0.4 is 5.32 Å². The number of halogens is 1. The van der Waals surface area contributed by atoms with Gasteiger partial charge in [0.25, 0.3) is 5.69 Å². The molecule has 0 amide bonds. The molecule has 0 aliphatic carbocycles. The SMILES string of the molecule is O=[N+]([O-])c1cc(Cl)ccc1NCc1ccc(CO)o1. The zero-order valence-electron chi connectivity index (χ0n) is 9.80. The fourth-order valence-corrected chi connectivity index (χ4v) is 1.76. The predicted octanol–water partition coefficient (Wildman–Crippen LogP) is 2.95. The van der Waals surface area contributed by atoms with Crippen LogP contribution in [-0.2, 0) is 13.2 Å². The fourth-order valence-electron chi connectivity index (χ4n) is 1.59. The standard InChI is InChI=1S/C12H11ClN2O4/c13-8-1-4-11(12(5-8)15(17)18)14-6-9-2-3-10(7-16)19-9/h1-5,14,16H,6-7H2. The maximum absolute atomic E-state index is 10.9. The number of furan rings is 1. The Bertz CT molecular complexity index is 597. The van der Waals surface area contributed by atoms with Gasteiger partial charge < -0.3 is 14.8 Å². The molecule has 1 heterocycles. The minimum absolute atomic E-state index is 0.0959. The molecule has 0 saturated heterocycles. The van der Waals surface area contributed by atoms with Crippen molar-refractivity contribution in [3.8, 4) is 0 Å². The summed E-state index contributed by atoms with van der Waals surface area (Å²) in [6, 6.07) is 7.73. The molecule has 6 nitrogen and oxygen atoms in total. The molecule has 1 aromatic heterocycles. The first-order chi connectivity index (χ1) is 9.10. The van der Waals surface area contributed by atoms with Crippen LogP contribution in [0, 0.1) is 10.1 Å². The van der Waals surface area contributed by atoms with Gasteiger partial charge in [-0.15, -0.1) is 0 Å². The van der Waals surface area contributed by atoms with Gasteiger partial charge in [-0.1, -0.05) is 11.6 Å². The number of nitro benzene ring substituents is 1. The highest BCUT2D eigenvalue weighted by molar-refractivity contribution is 6.30. The zero-order valence-corrected chi connectivity index (χ0v) is 10.6. The Morgan fingerprint density at radius 2 is 2.05 bits per heavy atom. The van der Waals surface area contributed by atoms with Crippen molar-refractivity contribution >= 4 is 23.0 Å². The Labute approximate surface area is 113 Å². The van der Waals surface area contributed by atoms with Crippen LogP contribution in [0.1, 0.15) is 11.5 Å². The quantitative estimate of drug-likeness (QED) is 0.650. The number of nitrogens with one attached hydrogen (secondary N) is 1. The molecule has 2 N–H and O–H groups in total. The molecule has 2 aromatic rings. The van der Waals surface area contributed by atoms with E-state index in [1.54, 1.807) is 18.2 Å². The van der Waals surface area contributed by atoms with Crippen molar-refractivity contribution in [3.63, 3.8) is 0 Å². The summed E-state index contributed by atoms with van der Waals surface area (Å²) < 4.78 is 5.27. The molecule has 0 unspecified atom stereocenters. The third kappa shape index (κ3) is 3.24. The van der Waals surface area contributed by atoms with Gasteiger partial charge in [-0.25, -0.2) is 0 Å². The van der Waals surface area contributed by atoms with Crippen molar-refractivity contribution in [1.82, 2.24) is 0 Å². The summed E-state index contributed by atoms with van der Waals surface area (Å²) in [7, 11) is 0. The molecule has 2 rings (SSSR count). The molecule has 19 heavy (non-hydrogen) atoms. The highest BCUT2D eigenvalue weighted by Crippen LogP contribution is 2.28. The zero-order chi connectivity index (χ0) is 13.8. The van der Waals surface area contributed by atoms with E-state index in [2.05, 4.69) is 5.32 Å². The maximum atomic E-state index is 10.9. The number of nitro groups is 1. The molecule has 0 spiro atoms. The first-order valence-electron chi connectivity index (χ1n) is 5.46. The lowest BCUT2D eigenvalue weighted by Crippen LogP contribution is -2.01. The Morgan fingerprint density at radius 1 is 1.32 bits per heavy atom. The second-order valence-electron chi connectivity index (χ2n) is 3.80. The third-order valence-corrected chi connectivity index (χ3v) is 2.72. The second kappa shape index (κ2) is 5.73. The first kappa shape index (κ1) is 13.4. The number of nitrogens with zero attached hydrogens (tertiary/aromatic N) is 1. The van der Waals surface area contributed by atoms with Crippen LogP contribution in [0.15, 0.2) is 34.7 Å². The van der Waals surface area contributed by atoms with E-state index in [-0.39, 0.29) is 18.8 Å². The number of aliphatic hydroxyl groups excluding tert-OH is 1. The molecule has 1 aromatic carbocycles. The van der Waals surface area contributed by atoms with Crippen molar-refractivity contribution in [2.45, 2.75) is 13.2 Å². The summed E-state index contributed by atoms with van der Waals surface area (Å²) in [5.41, 5.74) is 0.262. The molecule has 0 fully saturated rings. The van der Waals surface area contributed by atoms with E-state index in [4.69, 9.17) is 21.1 Å². The summed E-state index contributed by atoms with van der Waals surface area (Å²) >= 11 is 5.72. The lowest BCUT2D eigenvalue weighted by atomic mass is 10.2. The normalized spacial score (nSPS) is 10.4. The molecule has 7 heteroatoms. The predicted molar refractivity (Wildman–Crippen MR) is 70.1 cm³/mol. The number of hydrogen-bond donors (Lipinski definition) is 2. The van der Waals surface area contributed by atoms with Gasteiger partial charge in [0.1, 0.15) is 23.8 Å². The van der Waals surface area contributed by atoms with Gasteiger partial charge in [0.2, 0.25) is 0 Å². The number of hydrogen-bond acceptors (Lipinski definition) is 5. The molecular formula is C12H11ClN2O4. The molecule has 100 valence electrons. The maximum Gasteiger partial charge on any atom is 0.293 e. The Kier molecular flexibility index (Phi) is 4.03. The summed E-state index contributed by atoms with van der Waals surface area (Å²) in [5, 5.41) is 23.0. The van der Waals surface area contributed by atoms with Gasteiger partial charge in [-0.2, -0.15) is 0 Å². The van der Waals surface area contributed by atoms with Crippen LogP contribution in [0.3, 0.4) is 0 Å². The average molecular weight is 283 g/mol. The highest BCUT2D eigenvalue weighted by atomic mass is 35.5. The van der Waals surface area contributed by atoms with Gasteiger partial charge in [0.05, 0.1) is 11.5 Å². The van der Waals surface area contributed by atoms with E-state index >= 15 is 0 Å². The van der Waals surface area contributed by atoms with Crippen LogP contribution in [0.2, 0.25) is 5.02 Å². The molecule has 0 aliphatic rings. The molecule has 0 saturated carbocycles. The summed E-state index contributed by atoms with van der Waals surface area (Å²) in [6.45, 7) is 0.101. The summed E-state index contributed by atoms with van der Waals surface area (Å²) in [6.07, 6.45) is 0. The minimum Gasteiger partial charge on any atom is -0.462 e. The van der Waals surface area contributed by atoms with Crippen LogP contribution in [0.25, 0.3) is 0 Å². The van der Waals surface area contributed by atoms with Gasteiger partial charge in [0.15, 0.2) is 0 Å². The lowest BCUT2D eigenvalue weighted by molar-refractivity contribution is -0.383. The molecular weight excluding hydrogens is 272 g/mol. The van der Waals surface area contributed by atoms with E-state index in [1.165, 1.54) is 12.1 Å². The van der Waals surface area contributed by atoms with E-state index < -0.39 is 4.92 Å². The largest absolute Gasteiger partial charge is 0.462 e. The number of benzene rings is 1. The Balaban J connectivity index is 2.12. The van der Waals surface area contributed by atoms with E-state index in [0.29, 0.717) is 22.2 Å². The van der Waals surface area contributed by atoms with Crippen molar-refractivity contribution in [2.75, 3.05) is 5.32 Å². The van der Waals surface area contributed by atoms with Crippen LogP contribution in [-0.4, -0.2) is 10.0 Å². The number of rotatable bonds is 5. The second-order valence-corrected chi connectivity index (χ2v) is 4.23. The number of aliphatic hydroxyl groups is 1. The van der Waals surface area contributed by atoms with Crippen molar-refractivity contribution in [3.05, 3.63) is 57.0 Å². The van der Waals surface area contributed by atoms with Crippen LogP contribution in [0.5, 0.6) is 0 Å². The Morgan fingerprint density at radius 3 is 2.68 bits per heavy atom. The average Bonchev–Trinajstić information content (AvgIpc) is 2.85. The monoisotopic (exact) mass is 282 g/mol. The molecule has 0 radical (unpaired) electrons. The van der Waals surface area contributed by atoms with Gasteiger partial charge in [0, 0.05) is 11.1 Å². The van der Waals surface area contributed by atoms with E-state index in [0.717, 1.165) is 0 Å². The summed E-state index contributed by atoms with van der Waals surface area (Å²) in [4.78, 5) is 10.4. The number of anilines is 1. The van der Waals surface area contributed by atoms with Crippen LogP contribution in [0.4, 0.5) is 11.4 Å².